The zero-order chi connectivity index (χ0) is 11.4. The summed E-state index contributed by atoms with van der Waals surface area (Å²) < 4.78 is 13.0. The maximum Gasteiger partial charge on any atom is 0.122 e. The lowest BCUT2D eigenvalue weighted by molar-refractivity contribution is 0.173. The lowest BCUT2D eigenvalue weighted by Gasteiger charge is -2.14. The SMILES string of the molecule is CNCC(O)c1cc(C(C)F)ccc1O. The molecule has 0 spiro atoms. The molecule has 0 aliphatic rings. The summed E-state index contributed by atoms with van der Waals surface area (Å²) in [5.41, 5.74) is 0.810. The Bertz CT molecular complexity index is 328. The molecule has 0 radical (unpaired) electrons. The second kappa shape index (κ2) is 5.09. The summed E-state index contributed by atoms with van der Waals surface area (Å²) in [6.45, 7) is 1.73. The molecule has 0 saturated heterocycles. The zero-order valence-electron chi connectivity index (χ0n) is 8.87. The van der Waals surface area contributed by atoms with Gasteiger partial charge in [-0.1, -0.05) is 6.07 Å². The summed E-state index contributed by atoms with van der Waals surface area (Å²) in [6.07, 6.45) is -1.93. The smallest absolute Gasteiger partial charge is 0.122 e. The Morgan fingerprint density at radius 1 is 1.47 bits per heavy atom. The van der Waals surface area contributed by atoms with E-state index in [2.05, 4.69) is 5.32 Å². The van der Waals surface area contributed by atoms with Crippen LogP contribution in [0.1, 0.15) is 30.3 Å². The highest BCUT2D eigenvalue weighted by Gasteiger charge is 2.14. The van der Waals surface area contributed by atoms with Gasteiger partial charge in [-0.05, 0) is 31.7 Å². The van der Waals surface area contributed by atoms with E-state index in [1.807, 2.05) is 0 Å². The topological polar surface area (TPSA) is 52.5 Å². The third-order valence-corrected chi connectivity index (χ3v) is 2.27. The molecule has 1 rings (SSSR count). The van der Waals surface area contributed by atoms with Crippen LogP contribution in [0.5, 0.6) is 5.75 Å². The number of benzene rings is 1. The molecule has 3 N–H and O–H groups in total. The number of rotatable bonds is 4. The van der Waals surface area contributed by atoms with E-state index in [1.54, 1.807) is 7.05 Å². The molecule has 4 heteroatoms. The van der Waals surface area contributed by atoms with Gasteiger partial charge in [-0.3, -0.25) is 0 Å². The first-order valence-electron chi connectivity index (χ1n) is 4.85. The van der Waals surface area contributed by atoms with Crippen molar-refractivity contribution in [3.63, 3.8) is 0 Å². The number of hydrogen-bond donors (Lipinski definition) is 3. The van der Waals surface area contributed by atoms with Crippen LogP contribution >= 0.6 is 0 Å². The Morgan fingerprint density at radius 2 is 2.13 bits per heavy atom. The van der Waals surface area contributed by atoms with Gasteiger partial charge in [-0.2, -0.15) is 0 Å². The molecule has 3 nitrogen and oxygen atoms in total. The lowest BCUT2D eigenvalue weighted by atomic mass is 10.0. The molecule has 0 bridgehead atoms. The van der Waals surface area contributed by atoms with Gasteiger partial charge < -0.3 is 15.5 Å². The maximum atomic E-state index is 13.0. The van der Waals surface area contributed by atoms with Gasteiger partial charge in [-0.15, -0.1) is 0 Å². The summed E-state index contributed by atoms with van der Waals surface area (Å²) in [7, 11) is 1.70. The van der Waals surface area contributed by atoms with Gasteiger partial charge in [0, 0.05) is 12.1 Å². The number of aliphatic hydroxyl groups is 1. The van der Waals surface area contributed by atoms with Crippen molar-refractivity contribution in [1.29, 1.82) is 0 Å². The Hall–Kier alpha value is -1.13. The molecule has 0 fully saturated rings. The van der Waals surface area contributed by atoms with Crippen LogP contribution in [0, 0.1) is 0 Å². The van der Waals surface area contributed by atoms with Gasteiger partial charge >= 0.3 is 0 Å². The van der Waals surface area contributed by atoms with E-state index in [9.17, 15) is 14.6 Å². The van der Waals surface area contributed by atoms with Gasteiger partial charge in [-0.25, -0.2) is 4.39 Å². The zero-order valence-corrected chi connectivity index (χ0v) is 8.87. The molecule has 0 aliphatic carbocycles. The normalized spacial score (nSPS) is 14.9. The predicted octanol–water partition coefficient (Wildman–Crippen LogP) is 1.68. The van der Waals surface area contributed by atoms with Crippen LogP contribution in [0.3, 0.4) is 0 Å². The van der Waals surface area contributed by atoms with E-state index in [1.165, 1.54) is 25.1 Å². The van der Waals surface area contributed by atoms with E-state index in [4.69, 9.17) is 0 Å². The number of aromatic hydroxyl groups is 1. The molecule has 0 aromatic heterocycles. The van der Waals surface area contributed by atoms with Crippen molar-refractivity contribution in [3.8, 4) is 5.75 Å². The van der Waals surface area contributed by atoms with Crippen LogP contribution in [0.2, 0.25) is 0 Å². The van der Waals surface area contributed by atoms with Crippen LogP contribution in [0.25, 0.3) is 0 Å². The van der Waals surface area contributed by atoms with Crippen LogP contribution in [-0.4, -0.2) is 23.8 Å². The number of alkyl halides is 1. The minimum atomic E-state index is -1.11. The van der Waals surface area contributed by atoms with Gasteiger partial charge in [0.2, 0.25) is 0 Å². The molecule has 1 aromatic carbocycles. The van der Waals surface area contributed by atoms with Gasteiger partial charge in [0.15, 0.2) is 0 Å². The molecule has 0 saturated carbocycles. The third-order valence-electron chi connectivity index (χ3n) is 2.27. The van der Waals surface area contributed by atoms with E-state index in [0.29, 0.717) is 17.7 Å². The average Bonchev–Trinajstić information content (AvgIpc) is 2.18. The van der Waals surface area contributed by atoms with Gasteiger partial charge in [0.05, 0.1) is 6.10 Å². The van der Waals surface area contributed by atoms with E-state index in [-0.39, 0.29) is 5.75 Å². The van der Waals surface area contributed by atoms with Crippen molar-refractivity contribution >= 4 is 0 Å². The number of halogens is 1. The summed E-state index contributed by atoms with van der Waals surface area (Å²) in [6, 6.07) is 4.40. The number of phenols is 1. The van der Waals surface area contributed by atoms with Crippen molar-refractivity contribution in [1.82, 2.24) is 5.32 Å². The monoisotopic (exact) mass is 213 g/mol. The minimum Gasteiger partial charge on any atom is -0.508 e. The molecule has 2 unspecified atom stereocenters. The number of likely N-dealkylation sites (N-methyl/N-ethyl adjacent to an activating group) is 1. The molecular formula is C11H16FNO2. The first kappa shape index (κ1) is 11.9. The van der Waals surface area contributed by atoms with Gasteiger partial charge in [0.1, 0.15) is 11.9 Å². The summed E-state index contributed by atoms with van der Waals surface area (Å²) >= 11 is 0. The molecule has 84 valence electrons. The average molecular weight is 213 g/mol. The molecule has 2 atom stereocenters. The number of hydrogen-bond acceptors (Lipinski definition) is 3. The van der Waals surface area contributed by atoms with Crippen LogP contribution in [-0.2, 0) is 0 Å². The van der Waals surface area contributed by atoms with Crippen LogP contribution in [0.15, 0.2) is 18.2 Å². The lowest BCUT2D eigenvalue weighted by Crippen LogP contribution is -2.16. The van der Waals surface area contributed by atoms with E-state index < -0.39 is 12.3 Å². The molecule has 0 amide bonds. The Balaban J connectivity index is 2.99. The van der Waals surface area contributed by atoms with Crippen LogP contribution in [0.4, 0.5) is 4.39 Å². The fourth-order valence-corrected chi connectivity index (χ4v) is 1.39. The highest BCUT2D eigenvalue weighted by atomic mass is 19.1. The summed E-state index contributed by atoms with van der Waals surface area (Å²) in [5, 5.41) is 22.0. The molecule has 0 aliphatic heterocycles. The maximum absolute atomic E-state index is 13.0. The van der Waals surface area contributed by atoms with Gasteiger partial charge in [0.25, 0.3) is 0 Å². The number of nitrogens with one attached hydrogen (secondary N) is 1. The van der Waals surface area contributed by atoms with Crippen molar-refractivity contribution in [2.24, 2.45) is 0 Å². The molecular weight excluding hydrogens is 197 g/mol. The predicted molar refractivity (Wildman–Crippen MR) is 56.5 cm³/mol. The summed E-state index contributed by atoms with van der Waals surface area (Å²) in [4.78, 5) is 0. The van der Waals surface area contributed by atoms with Crippen molar-refractivity contribution in [2.75, 3.05) is 13.6 Å². The quantitative estimate of drug-likeness (QED) is 0.713. The Labute approximate surface area is 88.6 Å². The first-order valence-corrected chi connectivity index (χ1v) is 4.85. The number of aliphatic hydroxyl groups excluding tert-OH is 1. The number of phenolic OH excluding ortho intramolecular Hbond substituents is 1. The summed E-state index contributed by atoms with van der Waals surface area (Å²) in [5.74, 6) is -0.0119. The second-order valence-corrected chi connectivity index (χ2v) is 3.51. The molecule has 1 aromatic rings. The minimum absolute atomic E-state index is 0.0119. The van der Waals surface area contributed by atoms with E-state index >= 15 is 0 Å². The van der Waals surface area contributed by atoms with Crippen LogP contribution < -0.4 is 5.32 Å². The van der Waals surface area contributed by atoms with E-state index in [0.717, 1.165) is 0 Å². The third kappa shape index (κ3) is 2.91. The second-order valence-electron chi connectivity index (χ2n) is 3.51. The van der Waals surface area contributed by atoms with Crippen molar-refractivity contribution in [3.05, 3.63) is 29.3 Å². The fourth-order valence-electron chi connectivity index (χ4n) is 1.39. The highest BCUT2D eigenvalue weighted by Crippen LogP contribution is 2.28. The Morgan fingerprint density at radius 3 is 2.67 bits per heavy atom. The first-order chi connectivity index (χ1) is 7.06. The van der Waals surface area contributed by atoms with Crippen molar-refractivity contribution < 1.29 is 14.6 Å². The molecule has 15 heavy (non-hydrogen) atoms. The van der Waals surface area contributed by atoms with Crippen molar-refractivity contribution in [2.45, 2.75) is 19.2 Å². The largest absolute Gasteiger partial charge is 0.508 e. The standard InChI is InChI=1S/C11H16FNO2/c1-7(12)8-3-4-10(14)9(5-8)11(15)6-13-2/h3-5,7,11,13-15H,6H2,1-2H3. The highest BCUT2D eigenvalue weighted by molar-refractivity contribution is 5.38. The Kier molecular flexibility index (Phi) is 4.05. The molecule has 0 heterocycles. The fraction of sp³-hybridized carbons (Fsp3) is 0.455.